The molecule has 2 amide bonds. The molecule has 1 atom stereocenters. The standard InChI is InChI=1S/C21H27N5O2/c1-13(2)10-19-24-20(28-25-19)14(3)23-21(27)26(17-5-6-17)12-15-4-7-18-16(11-15)8-9-22-18/h4,7-9,11,13-14,17,22H,5-6,10,12H2,1-3H3,(H,23,27)/t14-/m1/s1. The van der Waals surface area contributed by atoms with Gasteiger partial charge in [-0.3, -0.25) is 0 Å². The van der Waals surface area contributed by atoms with Crippen LogP contribution in [-0.2, 0) is 13.0 Å². The fourth-order valence-electron chi connectivity index (χ4n) is 3.37. The summed E-state index contributed by atoms with van der Waals surface area (Å²) in [5, 5.41) is 8.19. The molecule has 7 nitrogen and oxygen atoms in total. The summed E-state index contributed by atoms with van der Waals surface area (Å²) in [6.07, 6.45) is 4.79. The van der Waals surface area contributed by atoms with Crippen molar-refractivity contribution in [2.75, 3.05) is 0 Å². The van der Waals surface area contributed by atoms with Crippen LogP contribution >= 0.6 is 0 Å². The average molecular weight is 381 g/mol. The fraction of sp³-hybridized carbons (Fsp3) is 0.476. The number of nitrogens with one attached hydrogen (secondary N) is 2. The van der Waals surface area contributed by atoms with Gasteiger partial charge in [-0.05, 0) is 54.8 Å². The molecule has 0 spiro atoms. The first kappa shape index (κ1) is 18.5. The predicted molar refractivity (Wildman–Crippen MR) is 107 cm³/mol. The van der Waals surface area contributed by atoms with Crippen LogP contribution in [0.4, 0.5) is 4.79 Å². The van der Waals surface area contributed by atoms with E-state index >= 15 is 0 Å². The first-order valence-corrected chi connectivity index (χ1v) is 9.95. The zero-order chi connectivity index (χ0) is 19.7. The summed E-state index contributed by atoms with van der Waals surface area (Å²) >= 11 is 0. The van der Waals surface area contributed by atoms with Crippen LogP contribution < -0.4 is 5.32 Å². The highest BCUT2D eigenvalue weighted by Crippen LogP contribution is 2.29. The summed E-state index contributed by atoms with van der Waals surface area (Å²) in [6.45, 7) is 6.69. The molecule has 148 valence electrons. The van der Waals surface area contributed by atoms with Crippen LogP contribution in [0.1, 0.15) is 56.9 Å². The number of amides is 2. The lowest BCUT2D eigenvalue weighted by atomic mass is 10.1. The molecule has 7 heteroatoms. The van der Waals surface area contributed by atoms with Crippen molar-refractivity contribution in [3.63, 3.8) is 0 Å². The van der Waals surface area contributed by atoms with Crippen molar-refractivity contribution in [1.82, 2.24) is 25.3 Å². The van der Waals surface area contributed by atoms with Crippen LogP contribution in [0.5, 0.6) is 0 Å². The van der Waals surface area contributed by atoms with E-state index in [1.807, 2.05) is 24.1 Å². The molecule has 2 N–H and O–H groups in total. The highest BCUT2D eigenvalue weighted by Gasteiger charge is 2.33. The SMILES string of the molecule is CC(C)Cc1noc([C@@H](C)NC(=O)N(Cc2ccc3[nH]ccc3c2)C2CC2)n1. The maximum Gasteiger partial charge on any atom is 0.318 e. The number of nitrogens with zero attached hydrogens (tertiary/aromatic N) is 3. The van der Waals surface area contributed by atoms with Crippen LogP contribution in [-0.4, -0.2) is 32.1 Å². The Hall–Kier alpha value is -2.83. The third-order valence-electron chi connectivity index (χ3n) is 5.00. The highest BCUT2D eigenvalue weighted by atomic mass is 16.5. The first-order valence-electron chi connectivity index (χ1n) is 9.95. The van der Waals surface area contributed by atoms with E-state index in [0.717, 1.165) is 35.7 Å². The number of aromatic amines is 1. The summed E-state index contributed by atoms with van der Waals surface area (Å²) in [6, 6.07) is 8.20. The Morgan fingerprint density at radius 1 is 1.32 bits per heavy atom. The molecule has 1 aromatic carbocycles. The number of rotatable bonds is 7. The second kappa shape index (κ2) is 7.66. The Kier molecular flexibility index (Phi) is 5.07. The number of hydrogen-bond acceptors (Lipinski definition) is 4. The number of aromatic nitrogens is 3. The lowest BCUT2D eigenvalue weighted by Gasteiger charge is -2.24. The molecule has 0 aliphatic heterocycles. The summed E-state index contributed by atoms with van der Waals surface area (Å²) in [7, 11) is 0. The molecule has 0 bridgehead atoms. The van der Waals surface area contributed by atoms with E-state index in [4.69, 9.17) is 4.52 Å². The Bertz CT molecular complexity index is 957. The van der Waals surface area contributed by atoms with E-state index in [9.17, 15) is 4.79 Å². The molecular weight excluding hydrogens is 354 g/mol. The molecule has 0 radical (unpaired) electrons. The van der Waals surface area contributed by atoms with Crippen molar-refractivity contribution in [2.45, 2.75) is 58.7 Å². The van der Waals surface area contributed by atoms with Crippen molar-refractivity contribution in [3.8, 4) is 0 Å². The minimum Gasteiger partial charge on any atom is -0.361 e. The van der Waals surface area contributed by atoms with Crippen LogP contribution in [0.3, 0.4) is 0 Å². The quantitative estimate of drug-likeness (QED) is 0.642. The van der Waals surface area contributed by atoms with E-state index in [-0.39, 0.29) is 12.1 Å². The van der Waals surface area contributed by atoms with Crippen LogP contribution in [0, 0.1) is 5.92 Å². The number of carbonyl (C=O) groups is 1. The lowest BCUT2D eigenvalue weighted by Crippen LogP contribution is -2.42. The van der Waals surface area contributed by atoms with Crippen molar-refractivity contribution in [2.24, 2.45) is 5.92 Å². The number of hydrogen-bond donors (Lipinski definition) is 2. The van der Waals surface area contributed by atoms with E-state index in [2.05, 4.69) is 52.5 Å². The summed E-state index contributed by atoms with van der Waals surface area (Å²) in [5.74, 6) is 1.59. The van der Waals surface area contributed by atoms with E-state index in [1.165, 1.54) is 0 Å². The van der Waals surface area contributed by atoms with Gasteiger partial charge in [0.15, 0.2) is 5.82 Å². The van der Waals surface area contributed by atoms with Gasteiger partial charge < -0.3 is 19.7 Å². The van der Waals surface area contributed by atoms with E-state index in [0.29, 0.717) is 30.2 Å². The molecular formula is C21H27N5O2. The van der Waals surface area contributed by atoms with E-state index < -0.39 is 0 Å². The van der Waals surface area contributed by atoms with E-state index in [1.54, 1.807) is 0 Å². The zero-order valence-corrected chi connectivity index (χ0v) is 16.6. The maximum atomic E-state index is 12.9. The highest BCUT2D eigenvalue weighted by molar-refractivity contribution is 5.80. The number of H-pyrrole nitrogens is 1. The van der Waals surface area contributed by atoms with Gasteiger partial charge in [-0.15, -0.1) is 0 Å². The molecule has 1 aliphatic carbocycles. The van der Waals surface area contributed by atoms with Gasteiger partial charge in [-0.1, -0.05) is 25.1 Å². The smallest absolute Gasteiger partial charge is 0.318 e. The number of fused-ring (bicyclic) bond motifs is 1. The Balaban J connectivity index is 1.42. The average Bonchev–Trinajstić information content (AvgIpc) is 3.19. The molecule has 3 aromatic rings. The largest absolute Gasteiger partial charge is 0.361 e. The van der Waals surface area contributed by atoms with Crippen molar-refractivity contribution >= 4 is 16.9 Å². The molecule has 1 aliphatic rings. The topological polar surface area (TPSA) is 87.0 Å². The van der Waals surface area contributed by atoms with Crippen molar-refractivity contribution in [1.29, 1.82) is 0 Å². The number of urea groups is 1. The third-order valence-corrected chi connectivity index (χ3v) is 5.00. The summed E-state index contributed by atoms with van der Waals surface area (Å²) in [5.41, 5.74) is 2.23. The molecule has 2 heterocycles. The van der Waals surface area contributed by atoms with Gasteiger partial charge in [0.05, 0.1) is 0 Å². The number of carbonyl (C=O) groups excluding carboxylic acids is 1. The van der Waals surface area contributed by atoms with Crippen molar-refractivity contribution in [3.05, 3.63) is 47.7 Å². The molecule has 2 aromatic heterocycles. The maximum absolute atomic E-state index is 12.9. The fourth-order valence-corrected chi connectivity index (χ4v) is 3.37. The monoisotopic (exact) mass is 381 g/mol. The molecule has 4 rings (SSSR count). The summed E-state index contributed by atoms with van der Waals surface area (Å²) < 4.78 is 5.34. The first-order chi connectivity index (χ1) is 13.5. The minimum absolute atomic E-state index is 0.0900. The zero-order valence-electron chi connectivity index (χ0n) is 16.6. The van der Waals surface area contributed by atoms with Gasteiger partial charge in [-0.25, -0.2) is 4.79 Å². The Labute approximate surface area is 164 Å². The molecule has 1 fully saturated rings. The minimum atomic E-state index is -0.325. The van der Waals surface area contributed by atoms with Gasteiger partial charge in [0.2, 0.25) is 5.89 Å². The van der Waals surface area contributed by atoms with Gasteiger partial charge >= 0.3 is 6.03 Å². The van der Waals surface area contributed by atoms with Crippen LogP contribution in [0.15, 0.2) is 35.0 Å². The second-order valence-corrected chi connectivity index (χ2v) is 8.08. The molecule has 28 heavy (non-hydrogen) atoms. The molecule has 0 saturated heterocycles. The van der Waals surface area contributed by atoms with Crippen LogP contribution in [0.2, 0.25) is 0 Å². The normalized spacial score (nSPS) is 15.1. The summed E-state index contributed by atoms with van der Waals surface area (Å²) in [4.78, 5) is 22.5. The van der Waals surface area contributed by atoms with Gasteiger partial charge in [0, 0.05) is 30.7 Å². The van der Waals surface area contributed by atoms with Crippen molar-refractivity contribution < 1.29 is 9.32 Å². The second-order valence-electron chi connectivity index (χ2n) is 8.08. The third kappa shape index (κ3) is 4.18. The van der Waals surface area contributed by atoms with Crippen LogP contribution in [0.25, 0.3) is 10.9 Å². The Morgan fingerprint density at radius 2 is 2.14 bits per heavy atom. The Morgan fingerprint density at radius 3 is 2.89 bits per heavy atom. The predicted octanol–water partition coefficient (Wildman–Crippen LogP) is 4.18. The van der Waals surface area contributed by atoms with Gasteiger partial charge in [-0.2, -0.15) is 4.98 Å². The number of benzene rings is 1. The molecule has 0 unspecified atom stereocenters. The lowest BCUT2D eigenvalue weighted by molar-refractivity contribution is 0.186. The van der Waals surface area contributed by atoms with Gasteiger partial charge in [0.25, 0.3) is 0 Å². The van der Waals surface area contributed by atoms with Gasteiger partial charge in [0.1, 0.15) is 6.04 Å². The molecule has 1 saturated carbocycles.